The normalized spacial score (nSPS) is 16.6. The number of fused-ring (bicyclic) bond motifs is 1. The lowest BCUT2D eigenvalue weighted by atomic mass is 9.94. The Bertz CT molecular complexity index is 1310. The number of benzene rings is 2. The third-order valence-electron chi connectivity index (χ3n) is 6.13. The number of nitrogens with one attached hydrogen (secondary N) is 1. The van der Waals surface area contributed by atoms with Gasteiger partial charge in [-0.1, -0.05) is 47.6 Å². The second-order valence-electron chi connectivity index (χ2n) is 8.37. The van der Waals surface area contributed by atoms with Gasteiger partial charge >= 0.3 is 5.97 Å². The molecule has 0 bridgehead atoms. The third kappa shape index (κ3) is 5.62. The van der Waals surface area contributed by atoms with Crippen LogP contribution in [0.5, 0.6) is 11.5 Å². The van der Waals surface area contributed by atoms with E-state index in [1.807, 2.05) is 46.7 Å². The summed E-state index contributed by atoms with van der Waals surface area (Å²) in [5, 5.41) is 6.07. The van der Waals surface area contributed by atoms with Crippen molar-refractivity contribution in [1.29, 1.82) is 0 Å². The summed E-state index contributed by atoms with van der Waals surface area (Å²) in [6.45, 7) is 2.23. The van der Waals surface area contributed by atoms with Gasteiger partial charge in [-0.05, 0) is 48.1 Å². The molecule has 4 rings (SSSR count). The third-order valence-corrected chi connectivity index (χ3v) is 7.36. The zero-order chi connectivity index (χ0) is 26.5. The van der Waals surface area contributed by atoms with Crippen LogP contribution in [0.3, 0.4) is 0 Å². The molecule has 2 aromatic carbocycles. The molecule has 0 radical (unpaired) electrons. The minimum atomic E-state index is -0.561. The van der Waals surface area contributed by atoms with Gasteiger partial charge in [-0.15, -0.1) is 0 Å². The van der Waals surface area contributed by atoms with Gasteiger partial charge in [-0.25, -0.2) is 9.79 Å². The number of carbonyl (C=O) groups is 2. The van der Waals surface area contributed by atoms with Crippen LogP contribution in [0.25, 0.3) is 0 Å². The van der Waals surface area contributed by atoms with E-state index in [9.17, 15) is 9.59 Å². The zero-order valence-electron chi connectivity index (χ0n) is 21.0. The zero-order valence-corrected chi connectivity index (χ0v) is 22.6. The Hall–Kier alpha value is -3.43. The van der Waals surface area contributed by atoms with E-state index in [1.54, 1.807) is 27.2 Å². The van der Waals surface area contributed by atoms with Crippen LogP contribution in [0.4, 0.5) is 0 Å². The fourth-order valence-electron chi connectivity index (χ4n) is 4.34. The van der Waals surface area contributed by atoms with E-state index in [-0.39, 0.29) is 12.3 Å². The molecule has 1 unspecified atom stereocenters. The predicted octanol–water partition coefficient (Wildman–Crippen LogP) is 4.85. The van der Waals surface area contributed by atoms with Crippen molar-refractivity contribution >= 4 is 40.4 Å². The number of amidine groups is 1. The molecule has 194 valence electrons. The number of hydrogen-bond donors (Lipinski definition) is 1. The molecule has 2 aliphatic rings. The van der Waals surface area contributed by atoms with Crippen LogP contribution in [0, 0.1) is 0 Å². The topological polar surface area (TPSA) is 89.5 Å². The molecule has 0 aromatic heterocycles. The molecular weight excluding hydrogens is 514 g/mol. The van der Waals surface area contributed by atoms with Crippen molar-refractivity contribution in [2.45, 2.75) is 25.8 Å². The van der Waals surface area contributed by atoms with Crippen LogP contribution in [0.2, 0.25) is 5.02 Å². The van der Waals surface area contributed by atoms with Gasteiger partial charge in [0.05, 0.1) is 45.1 Å². The summed E-state index contributed by atoms with van der Waals surface area (Å²) in [7, 11) is 4.52. The van der Waals surface area contributed by atoms with Crippen molar-refractivity contribution in [3.8, 4) is 11.5 Å². The number of thioether (sulfide) groups is 1. The summed E-state index contributed by atoms with van der Waals surface area (Å²) in [6, 6.07) is 12.5. The van der Waals surface area contributed by atoms with Gasteiger partial charge in [0.2, 0.25) is 5.91 Å². The highest BCUT2D eigenvalue weighted by molar-refractivity contribution is 8.16. The molecule has 2 aromatic rings. The number of rotatable bonds is 9. The minimum Gasteiger partial charge on any atom is -0.493 e. The summed E-state index contributed by atoms with van der Waals surface area (Å²) >= 11 is 7.98. The maximum absolute atomic E-state index is 12.9. The van der Waals surface area contributed by atoms with E-state index in [2.05, 4.69) is 10.3 Å². The van der Waals surface area contributed by atoms with Crippen molar-refractivity contribution in [3.05, 3.63) is 81.0 Å². The first-order valence-electron chi connectivity index (χ1n) is 11.6. The Morgan fingerprint density at radius 2 is 1.86 bits per heavy atom. The first-order valence-corrected chi connectivity index (χ1v) is 12.9. The second kappa shape index (κ2) is 11.7. The number of halogens is 1. The minimum absolute atomic E-state index is 0.117. The predicted molar refractivity (Wildman–Crippen MR) is 145 cm³/mol. The summed E-state index contributed by atoms with van der Waals surface area (Å²) in [5.41, 5.74) is 3.43. The van der Waals surface area contributed by atoms with Crippen molar-refractivity contribution < 1.29 is 23.8 Å². The van der Waals surface area contributed by atoms with Crippen molar-refractivity contribution in [2.24, 2.45) is 4.99 Å². The number of amides is 1. The molecule has 8 nitrogen and oxygen atoms in total. The van der Waals surface area contributed by atoms with Crippen molar-refractivity contribution in [3.63, 3.8) is 0 Å². The molecule has 0 spiro atoms. The molecule has 1 N–H and O–H groups in total. The van der Waals surface area contributed by atoms with Gasteiger partial charge in [-0.2, -0.15) is 0 Å². The summed E-state index contributed by atoms with van der Waals surface area (Å²) in [6.07, 6.45) is 0.749. The van der Waals surface area contributed by atoms with Gasteiger partial charge in [0.25, 0.3) is 0 Å². The summed E-state index contributed by atoms with van der Waals surface area (Å²) < 4.78 is 15.7. The Morgan fingerprint density at radius 3 is 2.57 bits per heavy atom. The number of hydrogen-bond acceptors (Lipinski definition) is 8. The monoisotopic (exact) mass is 541 g/mol. The Balaban J connectivity index is 1.49. The largest absolute Gasteiger partial charge is 0.493 e. The van der Waals surface area contributed by atoms with Crippen LogP contribution in [-0.2, 0) is 20.7 Å². The number of allylic oxidation sites excluding steroid dienone is 1. The van der Waals surface area contributed by atoms with Crippen molar-refractivity contribution in [1.82, 2.24) is 10.2 Å². The van der Waals surface area contributed by atoms with E-state index in [0.717, 1.165) is 16.8 Å². The fraction of sp³-hybridized carbons (Fsp3) is 0.296. The maximum atomic E-state index is 12.9. The van der Waals surface area contributed by atoms with E-state index in [0.29, 0.717) is 45.9 Å². The lowest BCUT2D eigenvalue weighted by Gasteiger charge is -2.36. The van der Waals surface area contributed by atoms with Gasteiger partial charge in [0.15, 0.2) is 16.7 Å². The smallest absolute Gasteiger partial charge is 0.338 e. The number of aliphatic imine (C=N–C) groups is 1. The number of methoxy groups -OCH3 is 3. The molecule has 2 aliphatic heterocycles. The lowest BCUT2D eigenvalue weighted by molar-refractivity contribution is -0.136. The molecule has 0 saturated carbocycles. The maximum Gasteiger partial charge on any atom is 0.338 e. The first-order chi connectivity index (χ1) is 17.9. The fourth-order valence-corrected chi connectivity index (χ4v) is 5.54. The van der Waals surface area contributed by atoms with Crippen LogP contribution in [0.15, 0.2) is 69.8 Å². The van der Waals surface area contributed by atoms with Crippen LogP contribution >= 0.6 is 23.4 Å². The van der Waals surface area contributed by atoms with E-state index >= 15 is 0 Å². The second-order valence-corrected chi connectivity index (χ2v) is 9.62. The quantitative estimate of drug-likeness (QED) is 0.454. The van der Waals surface area contributed by atoms with E-state index < -0.39 is 12.0 Å². The Morgan fingerprint density at radius 1 is 1.11 bits per heavy atom. The van der Waals surface area contributed by atoms with Crippen LogP contribution in [-0.4, -0.2) is 49.8 Å². The summed E-state index contributed by atoms with van der Waals surface area (Å²) in [4.78, 5) is 32.3. The van der Waals surface area contributed by atoms with Gasteiger partial charge in [0, 0.05) is 17.3 Å². The number of ether oxygens (including phenoxy) is 3. The first kappa shape index (κ1) is 26.6. The van der Waals surface area contributed by atoms with E-state index in [4.69, 9.17) is 25.8 Å². The average molecular weight is 542 g/mol. The van der Waals surface area contributed by atoms with E-state index in [1.165, 1.54) is 18.9 Å². The standard InChI is InChI=1S/C27H28ClN3O5S/c1-16-24(26(33)36-4)25(19-7-5-6-8-20(19)28)31-18(15-37-27(31)30-16)14-23(32)29-12-11-17-9-10-21(34-2)22(13-17)35-3/h5-10,13,15,25H,11-12,14H2,1-4H3,(H,29,32). The Labute approximate surface area is 225 Å². The number of nitrogens with zero attached hydrogens (tertiary/aromatic N) is 2. The summed E-state index contributed by atoms with van der Waals surface area (Å²) in [5.74, 6) is 0.675. The Kier molecular flexibility index (Phi) is 8.45. The van der Waals surface area contributed by atoms with Gasteiger partial charge < -0.3 is 24.4 Å². The highest BCUT2D eigenvalue weighted by Crippen LogP contribution is 2.46. The van der Waals surface area contributed by atoms with Crippen LogP contribution < -0.4 is 14.8 Å². The molecule has 0 fully saturated rings. The average Bonchev–Trinajstić information content (AvgIpc) is 3.29. The SMILES string of the molecule is COC(=O)C1=C(C)N=C2SC=C(CC(=O)NCCc3ccc(OC)c(OC)c3)N2C1c1ccccc1Cl. The molecule has 0 saturated heterocycles. The molecular formula is C27H28ClN3O5S. The highest BCUT2D eigenvalue weighted by atomic mass is 35.5. The molecule has 10 heteroatoms. The van der Waals surface area contributed by atoms with Gasteiger partial charge in [-0.3, -0.25) is 4.79 Å². The van der Waals surface area contributed by atoms with Crippen molar-refractivity contribution in [2.75, 3.05) is 27.9 Å². The molecule has 37 heavy (non-hydrogen) atoms. The molecule has 2 heterocycles. The lowest BCUT2D eigenvalue weighted by Crippen LogP contribution is -2.38. The van der Waals surface area contributed by atoms with Gasteiger partial charge in [0.1, 0.15) is 0 Å². The number of esters is 1. The molecule has 1 atom stereocenters. The molecule has 0 aliphatic carbocycles. The number of carbonyl (C=O) groups excluding carboxylic acids is 2. The molecule has 1 amide bonds. The van der Waals surface area contributed by atoms with Crippen LogP contribution in [0.1, 0.15) is 30.5 Å². The highest BCUT2D eigenvalue weighted by Gasteiger charge is 2.41.